The zero-order valence-corrected chi connectivity index (χ0v) is 15.7. The summed E-state index contributed by atoms with van der Waals surface area (Å²) in [7, 11) is 1.60. The Kier molecular flexibility index (Phi) is 5.45. The molecule has 3 aromatic rings. The van der Waals surface area contributed by atoms with Crippen molar-refractivity contribution in [3.8, 4) is 17.0 Å². The zero-order valence-electron chi connectivity index (χ0n) is 14.2. The lowest BCUT2D eigenvalue weighted by molar-refractivity contribution is 0.104. The summed E-state index contributed by atoms with van der Waals surface area (Å²) in [6.45, 7) is 1.90. The lowest BCUT2D eigenvalue weighted by Gasteiger charge is -2.05. The number of ketones is 1. The molecule has 26 heavy (non-hydrogen) atoms. The van der Waals surface area contributed by atoms with E-state index in [1.165, 1.54) is 6.08 Å². The third-order valence-corrected chi connectivity index (χ3v) is 4.65. The molecule has 0 aliphatic heterocycles. The number of aryl methyl sites for hydroxylation is 1. The van der Waals surface area contributed by atoms with Crippen LogP contribution in [0.5, 0.6) is 5.75 Å². The van der Waals surface area contributed by atoms with Crippen LogP contribution < -0.4 is 4.74 Å². The molecule has 6 heteroatoms. The molecule has 0 aliphatic rings. The van der Waals surface area contributed by atoms with Crippen LogP contribution in [0.2, 0.25) is 10.0 Å². The molecule has 1 aromatic heterocycles. The predicted octanol–water partition coefficient (Wildman–Crippen LogP) is 5.60. The third-order valence-electron chi connectivity index (χ3n) is 3.91. The molecule has 0 fully saturated rings. The van der Waals surface area contributed by atoms with E-state index >= 15 is 0 Å². The van der Waals surface area contributed by atoms with Crippen molar-refractivity contribution in [2.45, 2.75) is 6.92 Å². The van der Waals surface area contributed by atoms with Gasteiger partial charge in [0, 0.05) is 11.1 Å². The van der Waals surface area contributed by atoms with Gasteiger partial charge in [0.05, 0.1) is 28.5 Å². The van der Waals surface area contributed by atoms with E-state index in [2.05, 4.69) is 10.2 Å². The molecular formula is C20H16Cl2N2O2. The van der Waals surface area contributed by atoms with Crippen molar-refractivity contribution in [1.82, 2.24) is 10.2 Å². The number of allylic oxidation sites excluding steroid dienone is 1. The van der Waals surface area contributed by atoms with Gasteiger partial charge in [-0.1, -0.05) is 29.3 Å². The third kappa shape index (κ3) is 3.98. The van der Waals surface area contributed by atoms with Crippen LogP contribution in [-0.2, 0) is 0 Å². The number of rotatable bonds is 5. The number of nitrogens with one attached hydrogen (secondary N) is 1. The van der Waals surface area contributed by atoms with Gasteiger partial charge in [0.15, 0.2) is 5.78 Å². The number of hydrogen-bond donors (Lipinski definition) is 1. The minimum absolute atomic E-state index is 0.0959. The highest BCUT2D eigenvalue weighted by molar-refractivity contribution is 6.42. The number of ether oxygens (including phenoxy) is 1. The van der Waals surface area contributed by atoms with E-state index in [1.807, 2.05) is 19.1 Å². The molecule has 4 nitrogen and oxygen atoms in total. The van der Waals surface area contributed by atoms with E-state index in [1.54, 1.807) is 43.5 Å². The van der Waals surface area contributed by atoms with Gasteiger partial charge < -0.3 is 4.74 Å². The molecule has 132 valence electrons. The molecular weight excluding hydrogens is 371 g/mol. The van der Waals surface area contributed by atoms with Crippen LogP contribution >= 0.6 is 23.2 Å². The Morgan fingerprint density at radius 3 is 2.62 bits per heavy atom. The number of methoxy groups -OCH3 is 1. The summed E-state index contributed by atoms with van der Waals surface area (Å²) in [6.07, 6.45) is 3.20. The standard InChI is InChI=1S/C20H16Cl2N2O2/c1-12-9-14(4-8-20(12)26-2)19(25)7-5-15-11-18(24-23-15)13-3-6-16(21)17(22)10-13/h3-11H,1-2H3,(H,23,24)/b7-5+. The molecule has 1 heterocycles. The molecule has 0 amide bonds. The highest BCUT2D eigenvalue weighted by atomic mass is 35.5. The first kappa shape index (κ1) is 18.2. The Morgan fingerprint density at radius 2 is 1.92 bits per heavy atom. The first-order valence-corrected chi connectivity index (χ1v) is 8.61. The van der Waals surface area contributed by atoms with Gasteiger partial charge in [0.1, 0.15) is 5.75 Å². The van der Waals surface area contributed by atoms with Crippen LogP contribution in [0.25, 0.3) is 17.3 Å². The van der Waals surface area contributed by atoms with Gasteiger partial charge in [-0.2, -0.15) is 5.10 Å². The van der Waals surface area contributed by atoms with Crippen molar-refractivity contribution in [2.75, 3.05) is 7.11 Å². The Labute approximate surface area is 161 Å². The SMILES string of the molecule is COc1ccc(C(=O)/C=C/c2cc(-c3ccc(Cl)c(Cl)c3)n[nH]2)cc1C. The molecule has 0 saturated heterocycles. The first-order chi connectivity index (χ1) is 12.5. The Hall–Kier alpha value is -2.56. The summed E-state index contributed by atoms with van der Waals surface area (Å²) in [6, 6.07) is 12.5. The average molecular weight is 387 g/mol. The topological polar surface area (TPSA) is 55.0 Å². The smallest absolute Gasteiger partial charge is 0.185 e. The van der Waals surface area contributed by atoms with Gasteiger partial charge in [-0.3, -0.25) is 9.89 Å². The van der Waals surface area contributed by atoms with Gasteiger partial charge >= 0.3 is 0 Å². The molecule has 2 aromatic carbocycles. The van der Waals surface area contributed by atoms with E-state index in [0.29, 0.717) is 21.3 Å². The van der Waals surface area contributed by atoms with E-state index in [0.717, 1.165) is 22.6 Å². The normalized spacial score (nSPS) is 11.1. The maximum atomic E-state index is 12.3. The largest absolute Gasteiger partial charge is 0.496 e. The molecule has 0 bridgehead atoms. The number of benzene rings is 2. The Balaban J connectivity index is 1.76. The molecule has 0 aliphatic carbocycles. The highest BCUT2D eigenvalue weighted by Gasteiger charge is 2.07. The molecule has 3 rings (SSSR count). The predicted molar refractivity (Wildman–Crippen MR) is 105 cm³/mol. The Bertz CT molecular complexity index is 993. The van der Waals surface area contributed by atoms with Crippen molar-refractivity contribution >= 4 is 35.1 Å². The quantitative estimate of drug-likeness (QED) is 0.458. The average Bonchev–Trinajstić information content (AvgIpc) is 3.11. The maximum Gasteiger partial charge on any atom is 0.185 e. The number of carbonyl (C=O) groups excluding carboxylic acids is 1. The van der Waals surface area contributed by atoms with Crippen LogP contribution in [0.15, 0.2) is 48.5 Å². The number of aromatic amines is 1. The van der Waals surface area contributed by atoms with Gasteiger partial charge in [0.25, 0.3) is 0 Å². The molecule has 1 N–H and O–H groups in total. The number of nitrogens with zero attached hydrogens (tertiary/aromatic N) is 1. The fraction of sp³-hybridized carbons (Fsp3) is 0.100. The molecule has 0 spiro atoms. The lowest BCUT2D eigenvalue weighted by atomic mass is 10.1. The first-order valence-electron chi connectivity index (χ1n) is 7.86. The van der Waals surface area contributed by atoms with E-state index < -0.39 is 0 Å². The zero-order chi connectivity index (χ0) is 18.7. The number of aromatic nitrogens is 2. The van der Waals surface area contributed by atoms with E-state index in [9.17, 15) is 4.79 Å². The number of carbonyl (C=O) groups is 1. The minimum Gasteiger partial charge on any atom is -0.496 e. The van der Waals surface area contributed by atoms with Gasteiger partial charge in [-0.15, -0.1) is 0 Å². The monoisotopic (exact) mass is 386 g/mol. The van der Waals surface area contributed by atoms with Crippen molar-refractivity contribution in [3.05, 3.63) is 75.4 Å². The van der Waals surface area contributed by atoms with Crippen molar-refractivity contribution < 1.29 is 9.53 Å². The van der Waals surface area contributed by atoms with Gasteiger partial charge in [-0.25, -0.2) is 0 Å². The van der Waals surface area contributed by atoms with Crippen LogP contribution in [0.4, 0.5) is 0 Å². The second-order valence-corrected chi connectivity index (χ2v) is 6.53. The van der Waals surface area contributed by atoms with E-state index in [4.69, 9.17) is 27.9 Å². The van der Waals surface area contributed by atoms with Crippen molar-refractivity contribution in [1.29, 1.82) is 0 Å². The Morgan fingerprint density at radius 1 is 1.12 bits per heavy atom. The fourth-order valence-corrected chi connectivity index (χ4v) is 2.82. The van der Waals surface area contributed by atoms with Crippen LogP contribution in [0, 0.1) is 6.92 Å². The second-order valence-electron chi connectivity index (χ2n) is 5.72. The minimum atomic E-state index is -0.0959. The van der Waals surface area contributed by atoms with Crippen molar-refractivity contribution in [2.24, 2.45) is 0 Å². The number of hydrogen-bond acceptors (Lipinski definition) is 3. The van der Waals surface area contributed by atoms with Crippen LogP contribution in [0.1, 0.15) is 21.6 Å². The summed E-state index contributed by atoms with van der Waals surface area (Å²) in [5.41, 5.74) is 3.78. The summed E-state index contributed by atoms with van der Waals surface area (Å²) in [5, 5.41) is 8.09. The maximum absolute atomic E-state index is 12.3. The summed E-state index contributed by atoms with van der Waals surface area (Å²) < 4.78 is 5.21. The molecule has 0 radical (unpaired) electrons. The molecule has 0 saturated carbocycles. The van der Waals surface area contributed by atoms with Crippen LogP contribution in [0.3, 0.4) is 0 Å². The van der Waals surface area contributed by atoms with Crippen molar-refractivity contribution in [3.63, 3.8) is 0 Å². The van der Waals surface area contributed by atoms with Crippen LogP contribution in [-0.4, -0.2) is 23.1 Å². The van der Waals surface area contributed by atoms with Gasteiger partial charge in [0.2, 0.25) is 0 Å². The molecule has 0 atom stereocenters. The van der Waals surface area contributed by atoms with E-state index in [-0.39, 0.29) is 5.78 Å². The summed E-state index contributed by atoms with van der Waals surface area (Å²) in [4.78, 5) is 12.3. The second kappa shape index (κ2) is 7.77. The summed E-state index contributed by atoms with van der Waals surface area (Å²) in [5.74, 6) is 0.659. The number of H-pyrrole nitrogens is 1. The number of halogens is 2. The van der Waals surface area contributed by atoms with Gasteiger partial charge in [-0.05, 0) is 61.0 Å². The highest BCUT2D eigenvalue weighted by Crippen LogP contribution is 2.28. The molecule has 0 unspecified atom stereocenters. The summed E-state index contributed by atoms with van der Waals surface area (Å²) >= 11 is 12.0. The fourth-order valence-electron chi connectivity index (χ4n) is 2.52. The lowest BCUT2D eigenvalue weighted by Crippen LogP contribution is -1.96.